The third kappa shape index (κ3) is 4.75. The fraction of sp³-hybridized carbons (Fsp3) is 0.929. The number of likely N-dealkylation sites (tertiary alicyclic amines) is 1. The van der Waals surface area contributed by atoms with Gasteiger partial charge in [0, 0.05) is 25.7 Å². The number of carbonyl (C=O) groups is 1. The summed E-state index contributed by atoms with van der Waals surface area (Å²) in [6.07, 6.45) is 2.21. The van der Waals surface area contributed by atoms with Crippen LogP contribution in [0.5, 0.6) is 0 Å². The van der Waals surface area contributed by atoms with Crippen LogP contribution >= 0.6 is 0 Å². The second kappa shape index (κ2) is 7.22. The zero-order valence-corrected chi connectivity index (χ0v) is 12.3. The highest BCUT2D eigenvalue weighted by atomic mass is 16.2. The van der Waals surface area contributed by atoms with E-state index < -0.39 is 0 Å². The van der Waals surface area contributed by atoms with Crippen LogP contribution in [0.4, 0.5) is 0 Å². The smallest absolute Gasteiger partial charge is 0.234 e. The molecule has 0 saturated carbocycles. The van der Waals surface area contributed by atoms with Crippen LogP contribution in [0.3, 0.4) is 0 Å². The molecule has 1 amide bonds. The van der Waals surface area contributed by atoms with Gasteiger partial charge in [-0.1, -0.05) is 6.92 Å². The molecule has 2 N–H and O–H groups in total. The average molecular weight is 268 g/mol. The summed E-state index contributed by atoms with van der Waals surface area (Å²) in [5, 5.41) is 6.59. The maximum atomic E-state index is 12.1. The van der Waals surface area contributed by atoms with Crippen molar-refractivity contribution in [2.45, 2.75) is 25.8 Å². The normalized spacial score (nSPS) is 30.8. The summed E-state index contributed by atoms with van der Waals surface area (Å²) < 4.78 is 0. The van der Waals surface area contributed by atoms with Crippen molar-refractivity contribution in [3.8, 4) is 0 Å². The summed E-state index contributed by atoms with van der Waals surface area (Å²) in [4.78, 5) is 16.7. The van der Waals surface area contributed by atoms with Gasteiger partial charge < -0.3 is 15.5 Å². The first-order chi connectivity index (χ1) is 9.15. The summed E-state index contributed by atoms with van der Waals surface area (Å²) in [5.74, 6) is 0.747. The van der Waals surface area contributed by atoms with Crippen LogP contribution in [0.1, 0.15) is 19.8 Å². The lowest BCUT2D eigenvalue weighted by Gasteiger charge is -2.35. The van der Waals surface area contributed by atoms with E-state index in [9.17, 15) is 4.79 Å². The summed E-state index contributed by atoms with van der Waals surface area (Å²) in [5.41, 5.74) is 0. The Bertz CT molecular complexity index is 289. The fourth-order valence-corrected chi connectivity index (χ4v) is 3.08. The Labute approximate surface area is 116 Å². The lowest BCUT2D eigenvalue weighted by Crippen LogP contribution is -2.51. The predicted octanol–water partition coefficient (Wildman–Crippen LogP) is -0.262. The van der Waals surface area contributed by atoms with Crippen molar-refractivity contribution in [3.63, 3.8) is 0 Å². The molecule has 0 bridgehead atoms. The monoisotopic (exact) mass is 268 g/mol. The summed E-state index contributed by atoms with van der Waals surface area (Å²) in [6, 6.07) is 0.355. The Morgan fingerprint density at radius 1 is 1.32 bits per heavy atom. The highest BCUT2D eigenvalue weighted by molar-refractivity contribution is 5.78. The second-order valence-electron chi connectivity index (χ2n) is 6.08. The Morgan fingerprint density at radius 3 is 2.95 bits per heavy atom. The Kier molecular flexibility index (Phi) is 5.60. The number of piperidine rings is 1. The molecule has 2 unspecified atom stereocenters. The van der Waals surface area contributed by atoms with Crippen LogP contribution in [0.15, 0.2) is 0 Å². The zero-order valence-electron chi connectivity index (χ0n) is 12.3. The topological polar surface area (TPSA) is 47.6 Å². The molecule has 0 aliphatic carbocycles. The number of hydrogen-bond donors (Lipinski definition) is 2. The SMILES string of the molecule is CC1CN(C)CCC1NC(=O)CN1CCCNCC1. The first kappa shape index (κ1) is 14.8. The highest BCUT2D eigenvalue weighted by Crippen LogP contribution is 2.15. The number of rotatable bonds is 3. The van der Waals surface area contributed by atoms with Gasteiger partial charge in [-0.25, -0.2) is 0 Å². The largest absolute Gasteiger partial charge is 0.352 e. The number of nitrogens with one attached hydrogen (secondary N) is 2. The molecule has 2 heterocycles. The molecule has 2 saturated heterocycles. The van der Waals surface area contributed by atoms with Gasteiger partial charge in [0.05, 0.1) is 6.54 Å². The van der Waals surface area contributed by atoms with Crippen molar-refractivity contribution >= 4 is 5.91 Å². The molecule has 2 aliphatic heterocycles. The standard InChI is InChI=1S/C14H28N4O/c1-12-10-17(2)8-4-13(12)16-14(19)11-18-7-3-5-15-6-9-18/h12-13,15H,3-11H2,1-2H3,(H,16,19). The van der Waals surface area contributed by atoms with E-state index >= 15 is 0 Å². The van der Waals surface area contributed by atoms with Crippen LogP contribution in [-0.4, -0.2) is 74.6 Å². The van der Waals surface area contributed by atoms with Crippen molar-refractivity contribution in [2.24, 2.45) is 5.92 Å². The van der Waals surface area contributed by atoms with Gasteiger partial charge in [0.2, 0.25) is 5.91 Å². The molecule has 2 aliphatic rings. The zero-order chi connectivity index (χ0) is 13.7. The minimum atomic E-state index is 0.198. The number of nitrogens with zero attached hydrogens (tertiary/aromatic N) is 2. The van der Waals surface area contributed by atoms with Gasteiger partial charge in [0.25, 0.3) is 0 Å². The van der Waals surface area contributed by atoms with Gasteiger partial charge in [-0.05, 0) is 45.4 Å². The van der Waals surface area contributed by atoms with Gasteiger partial charge in [0.1, 0.15) is 0 Å². The third-order valence-corrected chi connectivity index (χ3v) is 4.25. The van der Waals surface area contributed by atoms with Gasteiger partial charge >= 0.3 is 0 Å². The van der Waals surface area contributed by atoms with E-state index in [1.54, 1.807) is 0 Å². The average Bonchev–Trinajstić information content (AvgIpc) is 2.61. The lowest BCUT2D eigenvalue weighted by atomic mass is 9.94. The van der Waals surface area contributed by atoms with Crippen LogP contribution in [0, 0.1) is 5.92 Å². The van der Waals surface area contributed by atoms with Crippen molar-refractivity contribution in [1.29, 1.82) is 0 Å². The molecule has 2 atom stereocenters. The molecular formula is C14H28N4O. The van der Waals surface area contributed by atoms with Gasteiger partial charge in [0.15, 0.2) is 0 Å². The van der Waals surface area contributed by atoms with Crippen molar-refractivity contribution in [3.05, 3.63) is 0 Å². The highest BCUT2D eigenvalue weighted by Gasteiger charge is 2.25. The molecule has 5 heteroatoms. The number of amides is 1. The summed E-state index contributed by atoms with van der Waals surface area (Å²) in [7, 11) is 2.15. The molecule has 0 aromatic carbocycles. The van der Waals surface area contributed by atoms with Gasteiger partial charge in [-0.2, -0.15) is 0 Å². The first-order valence-electron chi connectivity index (χ1n) is 7.56. The van der Waals surface area contributed by atoms with Gasteiger partial charge in [-0.15, -0.1) is 0 Å². The van der Waals surface area contributed by atoms with E-state index in [4.69, 9.17) is 0 Å². The molecule has 2 fully saturated rings. The van der Waals surface area contributed by atoms with Crippen molar-refractivity contribution < 1.29 is 4.79 Å². The summed E-state index contributed by atoms with van der Waals surface area (Å²) >= 11 is 0. The molecule has 0 aromatic heterocycles. The maximum absolute atomic E-state index is 12.1. The van der Waals surface area contributed by atoms with Crippen LogP contribution in [0.25, 0.3) is 0 Å². The predicted molar refractivity (Wildman–Crippen MR) is 77.1 cm³/mol. The van der Waals surface area contributed by atoms with E-state index in [1.807, 2.05) is 0 Å². The third-order valence-electron chi connectivity index (χ3n) is 4.25. The van der Waals surface area contributed by atoms with E-state index in [1.165, 1.54) is 0 Å². The Morgan fingerprint density at radius 2 is 2.16 bits per heavy atom. The van der Waals surface area contributed by atoms with Crippen molar-refractivity contribution in [2.75, 3.05) is 52.9 Å². The van der Waals surface area contributed by atoms with E-state index in [0.29, 0.717) is 18.5 Å². The number of carbonyl (C=O) groups excluding carboxylic acids is 1. The molecule has 0 radical (unpaired) electrons. The Hall–Kier alpha value is -0.650. The molecule has 2 rings (SSSR count). The van der Waals surface area contributed by atoms with Crippen LogP contribution in [0.2, 0.25) is 0 Å². The van der Waals surface area contributed by atoms with Gasteiger partial charge in [-0.3, -0.25) is 9.69 Å². The first-order valence-corrected chi connectivity index (χ1v) is 7.56. The molecular weight excluding hydrogens is 240 g/mol. The molecule has 110 valence electrons. The molecule has 0 spiro atoms. The van der Waals surface area contributed by atoms with E-state index in [2.05, 4.69) is 34.4 Å². The van der Waals surface area contributed by atoms with E-state index in [-0.39, 0.29) is 5.91 Å². The summed E-state index contributed by atoms with van der Waals surface area (Å²) in [6.45, 7) is 9.04. The van der Waals surface area contributed by atoms with Crippen molar-refractivity contribution in [1.82, 2.24) is 20.4 Å². The fourth-order valence-electron chi connectivity index (χ4n) is 3.08. The van der Waals surface area contributed by atoms with Crippen LogP contribution < -0.4 is 10.6 Å². The molecule has 0 aromatic rings. The molecule has 5 nitrogen and oxygen atoms in total. The number of hydrogen-bond acceptors (Lipinski definition) is 4. The minimum absolute atomic E-state index is 0.198. The quantitative estimate of drug-likeness (QED) is 0.740. The van der Waals surface area contributed by atoms with Crippen LogP contribution in [-0.2, 0) is 4.79 Å². The lowest BCUT2D eigenvalue weighted by molar-refractivity contribution is -0.123. The second-order valence-corrected chi connectivity index (χ2v) is 6.08. The molecule has 19 heavy (non-hydrogen) atoms. The maximum Gasteiger partial charge on any atom is 0.234 e. The minimum Gasteiger partial charge on any atom is -0.352 e. The Balaban J connectivity index is 1.74. The van der Waals surface area contributed by atoms with E-state index in [0.717, 1.165) is 52.1 Å².